The molecule has 0 N–H and O–H groups in total. The van der Waals surface area contributed by atoms with Gasteiger partial charge in [-0.25, -0.2) is 4.99 Å². The minimum atomic E-state index is 0.191. The van der Waals surface area contributed by atoms with Crippen LogP contribution in [-0.2, 0) is 11.2 Å². The van der Waals surface area contributed by atoms with Gasteiger partial charge < -0.3 is 4.74 Å². The van der Waals surface area contributed by atoms with Crippen molar-refractivity contribution in [2.24, 2.45) is 4.99 Å². The number of hydrogen-bond acceptors (Lipinski definition) is 2. The van der Waals surface area contributed by atoms with Crippen LogP contribution in [0, 0.1) is 0 Å². The summed E-state index contributed by atoms with van der Waals surface area (Å²) in [6, 6.07) is 18.8. The van der Waals surface area contributed by atoms with Crippen LogP contribution in [0.3, 0.4) is 0 Å². The lowest BCUT2D eigenvalue weighted by molar-refractivity contribution is 0.206. The minimum Gasteiger partial charge on any atom is -0.471 e. The summed E-state index contributed by atoms with van der Waals surface area (Å²) in [5, 5.41) is 0. The fraction of sp³-hybridized carbons (Fsp3) is 0.188. The van der Waals surface area contributed by atoms with Crippen molar-refractivity contribution in [2.45, 2.75) is 18.6 Å². The van der Waals surface area contributed by atoms with Crippen LogP contribution in [0.4, 0.5) is 0 Å². The molecule has 2 heteroatoms. The van der Waals surface area contributed by atoms with Gasteiger partial charge in [-0.15, -0.1) is 0 Å². The molecule has 0 fully saturated rings. The molecule has 0 unspecified atom stereocenters. The number of hydrogen-bond donors (Lipinski definition) is 0. The van der Waals surface area contributed by atoms with Crippen LogP contribution in [0.15, 0.2) is 59.6 Å². The van der Waals surface area contributed by atoms with Crippen molar-refractivity contribution in [3.05, 3.63) is 71.3 Å². The average Bonchev–Trinajstić information content (AvgIpc) is 2.97. The first-order valence-corrected chi connectivity index (χ1v) is 6.29. The van der Waals surface area contributed by atoms with Crippen molar-refractivity contribution in [3.63, 3.8) is 0 Å². The van der Waals surface area contributed by atoms with Crippen LogP contribution < -0.4 is 0 Å². The van der Waals surface area contributed by atoms with E-state index >= 15 is 0 Å². The first-order valence-electron chi connectivity index (χ1n) is 6.29. The highest BCUT2D eigenvalue weighted by atomic mass is 16.5. The second kappa shape index (κ2) is 3.70. The lowest BCUT2D eigenvalue weighted by atomic mass is 10.1. The summed E-state index contributed by atoms with van der Waals surface area (Å²) in [6.07, 6.45) is 1.17. The maximum absolute atomic E-state index is 6.00. The first-order chi connectivity index (χ1) is 8.92. The number of aliphatic imine (C=N–C) groups is 1. The standard InChI is InChI=1S/C16H13NO/c1-2-6-11(7-3-1)16-17-15-13-9-5-4-8-12(13)10-14(15)18-16/h1-9,14-15H,10H2/t14-,15+/m1/s1. The van der Waals surface area contributed by atoms with Gasteiger partial charge in [0.15, 0.2) is 0 Å². The van der Waals surface area contributed by atoms with E-state index in [-0.39, 0.29) is 12.1 Å². The summed E-state index contributed by atoms with van der Waals surface area (Å²) >= 11 is 0. The third-order valence-electron chi connectivity index (χ3n) is 3.69. The van der Waals surface area contributed by atoms with Crippen LogP contribution in [0.2, 0.25) is 0 Å². The van der Waals surface area contributed by atoms with Gasteiger partial charge in [0.25, 0.3) is 0 Å². The predicted molar refractivity (Wildman–Crippen MR) is 70.7 cm³/mol. The van der Waals surface area contributed by atoms with E-state index in [0.29, 0.717) is 0 Å². The van der Waals surface area contributed by atoms with Crippen LogP contribution >= 0.6 is 0 Å². The van der Waals surface area contributed by atoms with Crippen LogP contribution in [0.1, 0.15) is 22.7 Å². The minimum absolute atomic E-state index is 0.191. The molecule has 0 amide bonds. The van der Waals surface area contributed by atoms with Gasteiger partial charge in [-0.3, -0.25) is 0 Å². The lowest BCUT2D eigenvalue weighted by Crippen LogP contribution is -2.13. The van der Waals surface area contributed by atoms with Crippen molar-refractivity contribution in [2.75, 3.05) is 0 Å². The molecule has 0 saturated carbocycles. The van der Waals surface area contributed by atoms with E-state index in [0.717, 1.165) is 17.9 Å². The lowest BCUT2D eigenvalue weighted by Gasteiger charge is -2.08. The average molecular weight is 235 g/mol. The quantitative estimate of drug-likeness (QED) is 0.744. The predicted octanol–water partition coefficient (Wildman–Crippen LogP) is 3.13. The zero-order chi connectivity index (χ0) is 11.9. The van der Waals surface area contributed by atoms with Crippen LogP contribution in [-0.4, -0.2) is 12.0 Å². The third kappa shape index (κ3) is 1.39. The van der Waals surface area contributed by atoms with Crippen molar-refractivity contribution in [1.29, 1.82) is 0 Å². The Morgan fingerprint density at radius 2 is 1.72 bits per heavy atom. The highest BCUT2D eigenvalue weighted by Gasteiger charge is 2.39. The second-order valence-electron chi connectivity index (χ2n) is 4.80. The molecule has 0 aromatic heterocycles. The summed E-state index contributed by atoms with van der Waals surface area (Å²) in [6.45, 7) is 0. The summed E-state index contributed by atoms with van der Waals surface area (Å²) in [5.41, 5.74) is 3.78. The van der Waals surface area contributed by atoms with E-state index in [2.05, 4.69) is 24.3 Å². The van der Waals surface area contributed by atoms with E-state index in [9.17, 15) is 0 Å². The largest absolute Gasteiger partial charge is 0.471 e. The smallest absolute Gasteiger partial charge is 0.217 e. The molecular formula is C16H13NO. The number of ether oxygens (including phenoxy) is 1. The number of benzene rings is 2. The second-order valence-corrected chi connectivity index (χ2v) is 4.80. The molecule has 0 spiro atoms. The van der Waals surface area contributed by atoms with Crippen LogP contribution in [0.5, 0.6) is 0 Å². The molecule has 4 rings (SSSR count). The van der Waals surface area contributed by atoms with E-state index in [1.165, 1.54) is 11.1 Å². The Bertz CT molecular complexity index is 618. The maximum Gasteiger partial charge on any atom is 0.217 e. The molecule has 2 nitrogen and oxygen atoms in total. The monoisotopic (exact) mass is 235 g/mol. The molecule has 0 radical (unpaired) electrons. The van der Waals surface area contributed by atoms with Crippen molar-refractivity contribution < 1.29 is 4.74 Å². The zero-order valence-corrected chi connectivity index (χ0v) is 9.91. The van der Waals surface area contributed by atoms with Crippen molar-refractivity contribution in [3.8, 4) is 0 Å². The Morgan fingerprint density at radius 3 is 2.61 bits per heavy atom. The Kier molecular flexibility index (Phi) is 2.04. The van der Waals surface area contributed by atoms with Gasteiger partial charge in [-0.2, -0.15) is 0 Å². The maximum atomic E-state index is 6.00. The fourth-order valence-electron chi connectivity index (χ4n) is 2.82. The van der Waals surface area contributed by atoms with E-state index in [4.69, 9.17) is 9.73 Å². The molecular weight excluding hydrogens is 222 g/mol. The van der Waals surface area contributed by atoms with E-state index in [1.54, 1.807) is 0 Å². The first kappa shape index (κ1) is 9.89. The summed E-state index contributed by atoms with van der Waals surface area (Å²) in [7, 11) is 0. The third-order valence-corrected chi connectivity index (χ3v) is 3.69. The molecule has 18 heavy (non-hydrogen) atoms. The van der Waals surface area contributed by atoms with Gasteiger partial charge in [0.1, 0.15) is 12.1 Å². The van der Waals surface area contributed by atoms with Gasteiger partial charge >= 0.3 is 0 Å². The molecule has 2 aromatic carbocycles. The Balaban J connectivity index is 1.74. The highest BCUT2D eigenvalue weighted by Crippen LogP contribution is 2.40. The van der Waals surface area contributed by atoms with E-state index in [1.807, 2.05) is 30.3 Å². The Morgan fingerprint density at radius 1 is 0.944 bits per heavy atom. The molecule has 2 aromatic rings. The SMILES string of the molecule is c1ccc(C2=N[C@H]3c4ccccc4C[C@H]3O2)cc1. The molecule has 2 aliphatic rings. The fourth-order valence-corrected chi connectivity index (χ4v) is 2.82. The number of nitrogens with zero attached hydrogens (tertiary/aromatic N) is 1. The normalized spacial score (nSPS) is 24.1. The van der Waals surface area contributed by atoms with Gasteiger partial charge in [0.05, 0.1) is 0 Å². The van der Waals surface area contributed by atoms with Crippen molar-refractivity contribution >= 4 is 5.90 Å². The zero-order valence-electron chi connectivity index (χ0n) is 9.91. The molecule has 0 saturated heterocycles. The van der Waals surface area contributed by atoms with Gasteiger partial charge in [0, 0.05) is 12.0 Å². The van der Waals surface area contributed by atoms with Gasteiger partial charge in [-0.1, -0.05) is 42.5 Å². The number of rotatable bonds is 1. The molecule has 1 aliphatic heterocycles. The summed E-state index contributed by atoms with van der Waals surface area (Å²) < 4.78 is 6.00. The molecule has 1 aliphatic carbocycles. The number of fused-ring (bicyclic) bond motifs is 3. The molecule has 88 valence electrons. The van der Waals surface area contributed by atoms with Crippen LogP contribution in [0.25, 0.3) is 0 Å². The Hall–Kier alpha value is -2.09. The molecule has 1 heterocycles. The van der Waals surface area contributed by atoms with Gasteiger partial charge in [-0.05, 0) is 23.3 Å². The topological polar surface area (TPSA) is 21.6 Å². The molecule has 2 atom stereocenters. The molecule has 0 bridgehead atoms. The summed E-state index contributed by atoms with van der Waals surface area (Å²) in [5.74, 6) is 0.792. The Labute approximate surface area is 106 Å². The summed E-state index contributed by atoms with van der Waals surface area (Å²) in [4.78, 5) is 4.76. The highest BCUT2D eigenvalue weighted by molar-refractivity contribution is 5.95. The van der Waals surface area contributed by atoms with Gasteiger partial charge in [0.2, 0.25) is 5.90 Å². The van der Waals surface area contributed by atoms with Crippen molar-refractivity contribution in [1.82, 2.24) is 0 Å². The van der Waals surface area contributed by atoms with E-state index < -0.39 is 0 Å².